The summed E-state index contributed by atoms with van der Waals surface area (Å²) in [6.07, 6.45) is 3.19. The van der Waals surface area contributed by atoms with E-state index >= 15 is 0 Å². The zero-order valence-corrected chi connectivity index (χ0v) is 18.8. The molecular formula is C27H27N3OS. The predicted molar refractivity (Wildman–Crippen MR) is 132 cm³/mol. The topological polar surface area (TPSA) is 44.4 Å². The molecule has 0 saturated carbocycles. The molecule has 2 N–H and O–H groups in total. The van der Waals surface area contributed by atoms with E-state index in [2.05, 4.69) is 65.4 Å². The lowest BCUT2D eigenvalue weighted by Gasteiger charge is -2.34. The van der Waals surface area contributed by atoms with Gasteiger partial charge in [0.1, 0.15) is 0 Å². The summed E-state index contributed by atoms with van der Waals surface area (Å²) in [5.41, 5.74) is 8.51. The first-order chi connectivity index (χ1) is 15.8. The fourth-order valence-corrected chi connectivity index (χ4v) is 6.43. The van der Waals surface area contributed by atoms with Crippen molar-refractivity contribution in [3.8, 4) is 0 Å². The van der Waals surface area contributed by atoms with Gasteiger partial charge >= 0.3 is 0 Å². The van der Waals surface area contributed by atoms with Crippen molar-refractivity contribution in [3.05, 3.63) is 83.2 Å². The number of nitrogens with zero attached hydrogens (tertiary/aromatic N) is 1. The Morgan fingerprint density at radius 1 is 0.875 bits per heavy atom. The van der Waals surface area contributed by atoms with Crippen LogP contribution in [0.15, 0.2) is 72.8 Å². The average molecular weight is 442 g/mol. The highest BCUT2D eigenvalue weighted by atomic mass is 32.1. The largest absolute Gasteiger partial charge is 0.338 e. The van der Waals surface area contributed by atoms with Crippen LogP contribution in [0.1, 0.15) is 40.5 Å². The summed E-state index contributed by atoms with van der Waals surface area (Å²) in [7, 11) is 0. The van der Waals surface area contributed by atoms with Crippen molar-refractivity contribution in [2.45, 2.75) is 31.3 Å². The summed E-state index contributed by atoms with van der Waals surface area (Å²) in [5.74, 6) is 0.782. The average Bonchev–Trinajstić information content (AvgIpc) is 3.51. The summed E-state index contributed by atoms with van der Waals surface area (Å²) >= 11 is 1.61. The molecule has 0 spiro atoms. The lowest BCUT2D eigenvalue weighted by atomic mass is 9.85. The summed E-state index contributed by atoms with van der Waals surface area (Å²) in [6.45, 7) is 1.68. The van der Waals surface area contributed by atoms with Crippen LogP contribution in [-0.2, 0) is 0 Å². The first-order valence-corrected chi connectivity index (χ1v) is 12.3. The first-order valence-electron chi connectivity index (χ1n) is 11.5. The van der Waals surface area contributed by atoms with Gasteiger partial charge < -0.3 is 4.90 Å². The van der Waals surface area contributed by atoms with Crippen LogP contribution in [0.5, 0.6) is 0 Å². The van der Waals surface area contributed by atoms with Gasteiger partial charge in [-0.15, -0.1) is 11.3 Å². The van der Waals surface area contributed by atoms with E-state index in [1.807, 2.05) is 23.1 Å². The van der Waals surface area contributed by atoms with Crippen LogP contribution in [-0.4, -0.2) is 29.9 Å². The number of amides is 1. The Morgan fingerprint density at radius 2 is 1.62 bits per heavy atom. The van der Waals surface area contributed by atoms with Gasteiger partial charge in [0.25, 0.3) is 5.91 Å². The van der Waals surface area contributed by atoms with Gasteiger partial charge in [-0.2, -0.15) is 0 Å². The van der Waals surface area contributed by atoms with E-state index in [4.69, 9.17) is 0 Å². The number of carbonyl (C=O) groups is 1. The number of nitrogens with one attached hydrogen (secondary N) is 2. The number of thiophene rings is 1. The van der Waals surface area contributed by atoms with Gasteiger partial charge in [-0.05, 0) is 59.0 Å². The lowest BCUT2D eigenvalue weighted by molar-refractivity contribution is 0.0678. The molecule has 2 aliphatic rings. The van der Waals surface area contributed by atoms with E-state index in [1.54, 1.807) is 11.3 Å². The molecule has 2 unspecified atom stereocenters. The minimum atomic E-state index is 0.191. The number of fused-ring (bicyclic) bond motifs is 2. The molecule has 4 aromatic rings. The summed E-state index contributed by atoms with van der Waals surface area (Å²) in [4.78, 5) is 16.0. The van der Waals surface area contributed by atoms with E-state index < -0.39 is 0 Å². The number of likely N-dealkylation sites (tertiary alicyclic amines) is 1. The fourth-order valence-electron chi connectivity index (χ4n) is 5.40. The van der Waals surface area contributed by atoms with Gasteiger partial charge in [0.15, 0.2) is 0 Å². The van der Waals surface area contributed by atoms with Crippen LogP contribution in [0.4, 0.5) is 0 Å². The van der Waals surface area contributed by atoms with Crippen LogP contribution in [0, 0.1) is 5.92 Å². The van der Waals surface area contributed by atoms with Crippen molar-refractivity contribution in [2.75, 3.05) is 13.1 Å². The van der Waals surface area contributed by atoms with Crippen molar-refractivity contribution >= 4 is 38.1 Å². The number of rotatable bonds is 3. The van der Waals surface area contributed by atoms with Crippen LogP contribution < -0.4 is 10.9 Å². The van der Waals surface area contributed by atoms with E-state index in [-0.39, 0.29) is 5.91 Å². The fraction of sp³-hybridized carbons (Fsp3) is 0.296. The molecular weight excluding hydrogens is 414 g/mol. The maximum Gasteiger partial charge on any atom is 0.263 e. The second-order valence-corrected chi connectivity index (χ2v) is 10.1. The predicted octanol–water partition coefficient (Wildman–Crippen LogP) is 5.51. The number of hydrazine groups is 1. The number of hydrogen-bond donors (Lipinski definition) is 2. The summed E-state index contributed by atoms with van der Waals surface area (Å²) in [5, 5.41) is 3.79. The third-order valence-corrected chi connectivity index (χ3v) is 8.27. The molecule has 1 amide bonds. The lowest BCUT2D eigenvalue weighted by Crippen LogP contribution is -2.44. The Balaban J connectivity index is 1.10. The quantitative estimate of drug-likeness (QED) is 0.440. The van der Waals surface area contributed by atoms with Gasteiger partial charge in [-0.3, -0.25) is 10.2 Å². The first kappa shape index (κ1) is 19.9. The molecule has 0 aliphatic carbocycles. The van der Waals surface area contributed by atoms with Crippen molar-refractivity contribution < 1.29 is 4.79 Å². The third-order valence-electron chi connectivity index (χ3n) is 7.16. The Kier molecular flexibility index (Phi) is 5.18. The highest BCUT2D eigenvalue weighted by molar-refractivity contribution is 7.20. The normalized spacial score (nSPS) is 22.1. The number of benzene rings is 3. The molecule has 2 aliphatic heterocycles. The zero-order valence-electron chi connectivity index (χ0n) is 18.0. The number of piperidine rings is 1. The SMILES string of the molecule is O=C(c1cc2ccccc2s1)N1CCC(C2CC(c3cccc4ccccc34)NN2)CC1. The molecule has 5 heteroatoms. The van der Waals surface area contributed by atoms with Crippen LogP contribution >= 0.6 is 11.3 Å². The maximum absolute atomic E-state index is 13.1. The molecule has 2 fully saturated rings. The van der Waals surface area contributed by atoms with Crippen molar-refractivity contribution in [1.82, 2.24) is 15.8 Å². The molecule has 1 aromatic heterocycles. The minimum Gasteiger partial charge on any atom is -0.338 e. The van der Waals surface area contributed by atoms with E-state index in [9.17, 15) is 4.79 Å². The Bertz CT molecular complexity index is 1240. The van der Waals surface area contributed by atoms with Gasteiger partial charge in [0.05, 0.1) is 4.88 Å². The zero-order chi connectivity index (χ0) is 21.5. The molecule has 2 atom stereocenters. The van der Waals surface area contributed by atoms with Crippen molar-refractivity contribution in [3.63, 3.8) is 0 Å². The third kappa shape index (κ3) is 3.60. The standard InChI is InChI=1S/C27H27N3OS/c31-27(26-16-20-7-2-4-11-25(20)32-26)30-14-12-19(13-15-30)23-17-24(29-28-23)22-10-5-8-18-6-1-3-9-21(18)22/h1-11,16,19,23-24,28-29H,12-15,17H2. The summed E-state index contributed by atoms with van der Waals surface area (Å²) in [6, 6.07) is 26.3. The van der Waals surface area contributed by atoms with Crippen LogP contribution in [0.3, 0.4) is 0 Å². The molecule has 4 nitrogen and oxygen atoms in total. The molecule has 3 aromatic carbocycles. The second-order valence-electron chi connectivity index (χ2n) is 9.03. The van der Waals surface area contributed by atoms with Gasteiger partial charge in [0.2, 0.25) is 0 Å². The van der Waals surface area contributed by atoms with E-state index in [1.165, 1.54) is 21.0 Å². The van der Waals surface area contributed by atoms with Gasteiger partial charge in [0, 0.05) is 29.9 Å². The molecule has 162 valence electrons. The highest BCUT2D eigenvalue weighted by Crippen LogP contribution is 2.34. The molecule has 0 bridgehead atoms. The Hall–Kier alpha value is -2.73. The van der Waals surface area contributed by atoms with Crippen molar-refractivity contribution in [2.24, 2.45) is 5.92 Å². The molecule has 3 heterocycles. The monoisotopic (exact) mass is 441 g/mol. The minimum absolute atomic E-state index is 0.191. The van der Waals surface area contributed by atoms with Gasteiger partial charge in [-0.1, -0.05) is 60.7 Å². The van der Waals surface area contributed by atoms with Gasteiger partial charge in [-0.25, -0.2) is 5.43 Å². The van der Waals surface area contributed by atoms with Crippen molar-refractivity contribution in [1.29, 1.82) is 0 Å². The Morgan fingerprint density at radius 3 is 2.47 bits per heavy atom. The highest BCUT2D eigenvalue weighted by Gasteiger charge is 2.34. The molecule has 6 rings (SSSR count). The molecule has 32 heavy (non-hydrogen) atoms. The second kappa shape index (κ2) is 8.32. The Labute approximate surface area is 192 Å². The van der Waals surface area contributed by atoms with E-state index in [0.29, 0.717) is 18.0 Å². The number of carbonyl (C=O) groups excluding carboxylic acids is 1. The van der Waals surface area contributed by atoms with Crippen LogP contribution in [0.2, 0.25) is 0 Å². The van der Waals surface area contributed by atoms with E-state index in [0.717, 1.165) is 42.6 Å². The number of hydrogen-bond acceptors (Lipinski definition) is 4. The summed E-state index contributed by atoms with van der Waals surface area (Å²) < 4.78 is 1.19. The maximum atomic E-state index is 13.1. The van der Waals surface area contributed by atoms with Crippen LogP contribution in [0.25, 0.3) is 20.9 Å². The molecule has 2 saturated heterocycles. The smallest absolute Gasteiger partial charge is 0.263 e. The molecule has 0 radical (unpaired) electrons.